The molecule has 1 heterocycles. The minimum atomic E-state index is -1.07. The van der Waals surface area contributed by atoms with E-state index in [0.717, 1.165) is 18.2 Å². The molecule has 0 radical (unpaired) electrons. The van der Waals surface area contributed by atoms with Crippen LogP contribution in [0.3, 0.4) is 0 Å². The SMILES string of the molecule is CCCn1c(Sc2c(N)cccc2C(=O)O)n[nH]c1=O. The zero-order valence-electron chi connectivity index (χ0n) is 10.8. The predicted molar refractivity (Wildman–Crippen MR) is 75.1 cm³/mol. The number of nitrogen functional groups attached to an aromatic ring is 1. The van der Waals surface area contributed by atoms with Gasteiger partial charge in [0, 0.05) is 12.2 Å². The Morgan fingerprint density at radius 1 is 1.55 bits per heavy atom. The summed E-state index contributed by atoms with van der Waals surface area (Å²) in [5, 5.41) is 15.9. The fourth-order valence-corrected chi connectivity index (χ4v) is 2.74. The third-order valence-corrected chi connectivity index (χ3v) is 3.79. The van der Waals surface area contributed by atoms with Crippen LogP contribution in [0, 0.1) is 0 Å². The summed E-state index contributed by atoms with van der Waals surface area (Å²) in [6.07, 6.45) is 0.767. The second-order valence-electron chi connectivity index (χ2n) is 4.09. The van der Waals surface area contributed by atoms with Crippen LogP contribution in [0.15, 0.2) is 33.0 Å². The van der Waals surface area contributed by atoms with Gasteiger partial charge in [-0.1, -0.05) is 13.0 Å². The quantitative estimate of drug-likeness (QED) is 0.718. The molecule has 2 rings (SSSR count). The van der Waals surface area contributed by atoms with Gasteiger partial charge >= 0.3 is 11.7 Å². The molecule has 0 spiro atoms. The molecular formula is C12H14N4O3S. The molecule has 106 valence electrons. The van der Waals surface area contributed by atoms with Crippen molar-refractivity contribution in [3.63, 3.8) is 0 Å². The van der Waals surface area contributed by atoms with Crippen LogP contribution in [-0.2, 0) is 6.54 Å². The molecule has 20 heavy (non-hydrogen) atoms. The smallest absolute Gasteiger partial charge is 0.343 e. The minimum absolute atomic E-state index is 0.0912. The maximum absolute atomic E-state index is 11.6. The molecule has 0 fully saturated rings. The van der Waals surface area contributed by atoms with E-state index in [4.69, 9.17) is 5.73 Å². The molecule has 0 atom stereocenters. The van der Waals surface area contributed by atoms with Gasteiger partial charge in [-0.2, -0.15) is 0 Å². The Hall–Kier alpha value is -2.22. The first-order chi connectivity index (χ1) is 9.54. The van der Waals surface area contributed by atoms with Crippen LogP contribution < -0.4 is 11.4 Å². The van der Waals surface area contributed by atoms with Crippen molar-refractivity contribution in [3.8, 4) is 0 Å². The Labute approximate surface area is 118 Å². The number of carboxylic acid groups (broad SMARTS) is 1. The lowest BCUT2D eigenvalue weighted by atomic mass is 10.2. The van der Waals surface area contributed by atoms with E-state index < -0.39 is 5.97 Å². The van der Waals surface area contributed by atoms with Gasteiger partial charge in [-0.15, -0.1) is 5.10 Å². The predicted octanol–water partition coefficient (Wildman–Crippen LogP) is 1.41. The molecule has 1 aromatic heterocycles. The highest BCUT2D eigenvalue weighted by molar-refractivity contribution is 7.99. The second-order valence-corrected chi connectivity index (χ2v) is 5.07. The number of carbonyl (C=O) groups is 1. The van der Waals surface area contributed by atoms with Crippen molar-refractivity contribution in [2.45, 2.75) is 29.9 Å². The van der Waals surface area contributed by atoms with E-state index in [9.17, 15) is 14.7 Å². The van der Waals surface area contributed by atoms with Crippen LogP contribution in [-0.4, -0.2) is 25.8 Å². The fourth-order valence-electron chi connectivity index (χ4n) is 1.73. The van der Waals surface area contributed by atoms with Gasteiger partial charge in [0.15, 0.2) is 5.16 Å². The highest BCUT2D eigenvalue weighted by Crippen LogP contribution is 2.33. The van der Waals surface area contributed by atoms with Crippen molar-refractivity contribution >= 4 is 23.4 Å². The molecule has 0 saturated heterocycles. The number of carboxylic acids is 1. The van der Waals surface area contributed by atoms with Gasteiger partial charge in [-0.05, 0) is 30.3 Å². The van der Waals surface area contributed by atoms with E-state index in [1.165, 1.54) is 10.6 Å². The summed E-state index contributed by atoms with van der Waals surface area (Å²) < 4.78 is 1.46. The lowest BCUT2D eigenvalue weighted by Gasteiger charge is -2.09. The van der Waals surface area contributed by atoms with Gasteiger partial charge in [0.1, 0.15) is 0 Å². The van der Waals surface area contributed by atoms with Crippen molar-refractivity contribution in [1.82, 2.24) is 14.8 Å². The molecule has 0 bridgehead atoms. The normalized spacial score (nSPS) is 10.7. The maximum atomic E-state index is 11.6. The van der Waals surface area contributed by atoms with Crippen LogP contribution >= 0.6 is 11.8 Å². The minimum Gasteiger partial charge on any atom is -0.478 e. The molecule has 2 aromatic rings. The molecule has 4 N–H and O–H groups in total. The van der Waals surface area contributed by atoms with Gasteiger partial charge in [0.05, 0.1) is 10.5 Å². The summed E-state index contributed by atoms with van der Waals surface area (Å²) in [4.78, 5) is 23.2. The van der Waals surface area contributed by atoms with Crippen molar-refractivity contribution < 1.29 is 9.90 Å². The topological polar surface area (TPSA) is 114 Å². The van der Waals surface area contributed by atoms with Crippen LogP contribution in [0.1, 0.15) is 23.7 Å². The molecule has 8 heteroatoms. The summed E-state index contributed by atoms with van der Waals surface area (Å²) in [6, 6.07) is 4.66. The summed E-state index contributed by atoms with van der Waals surface area (Å²) in [5.41, 5.74) is 5.94. The first kappa shape index (κ1) is 14.2. The molecule has 0 amide bonds. The van der Waals surface area contributed by atoms with Gasteiger partial charge in [0.25, 0.3) is 0 Å². The zero-order chi connectivity index (χ0) is 14.7. The third-order valence-electron chi connectivity index (χ3n) is 2.64. The lowest BCUT2D eigenvalue weighted by molar-refractivity contribution is 0.0693. The van der Waals surface area contributed by atoms with E-state index in [1.54, 1.807) is 12.1 Å². The molecule has 7 nitrogen and oxygen atoms in total. The fraction of sp³-hybridized carbons (Fsp3) is 0.250. The number of aromatic carboxylic acids is 1. The van der Waals surface area contributed by atoms with Crippen molar-refractivity contribution in [2.24, 2.45) is 0 Å². The van der Waals surface area contributed by atoms with Crippen LogP contribution in [0.4, 0.5) is 5.69 Å². The molecular weight excluding hydrogens is 280 g/mol. The highest BCUT2D eigenvalue weighted by Gasteiger charge is 2.17. The first-order valence-electron chi connectivity index (χ1n) is 5.99. The largest absolute Gasteiger partial charge is 0.478 e. The van der Waals surface area contributed by atoms with Gasteiger partial charge in [0.2, 0.25) is 0 Å². The Morgan fingerprint density at radius 2 is 2.30 bits per heavy atom. The summed E-state index contributed by atoms with van der Waals surface area (Å²) in [5.74, 6) is -1.07. The standard InChI is InChI=1S/C12H14N4O3S/c1-2-6-16-11(19)14-15-12(16)20-9-7(10(17)18)4-3-5-8(9)13/h3-5H,2,6,13H2,1H3,(H,14,19)(H,17,18). The number of anilines is 1. The highest BCUT2D eigenvalue weighted by atomic mass is 32.2. The third kappa shape index (κ3) is 2.69. The molecule has 1 aromatic carbocycles. The average Bonchev–Trinajstić information content (AvgIpc) is 2.74. The Kier molecular flexibility index (Phi) is 4.14. The van der Waals surface area contributed by atoms with E-state index in [2.05, 4.69) is 10.2 Å². The number of hydrogen-bond acceptors (Lipinski definition) is 5. The van der Waals surface area contributed by atoms with Gasteiger partial charge in [-0.25, -0.2) is 14.7 Å². The summed E-state index contributed by atoms with van der Waals surface area (Å²) >= 11 is 1.07. The molecule has 0 saturated carbocycles. The molecule has 0 aliphatic carbocycles. The van der Waals surface area contributed by atoms with Crippen LogP contribution in [0.25, 0.3) is 0 Å². The lowest BCUT2D eigenvalue weighted by Crippen LogP contribution is -2.17. The monoisotopic (exact) mass is 294 g/mol. The number of aromatic amines is 1. The average molecular weight is 294 g/mol. The van der Waals surface area contributed by atoms with Crippen molar-refractivity contribution in [1.29, 1.82) is 0 Å². The van der Waals surface area contributed by atoms with Gasteiger partial charge < -0.3 is 10.8 Å². The van der Waals surface area contributed by atoms with Crippen LogP contribution in [0.2, 0.25) is 0 Å². The van der Waals surface area contributed by atoms with Crippen molar-refractivity contribution in [3.05, 3.63) is 34.2 Å². The summed E-state index contributed by atoms with van der Waals surface area (Å²) in [7, 11) is 0. The zero-order valence-corrected chi connectivity index (χ0v) is 11.6. The van der Waals surface area contributed by atoms with Crippen molar-refractivity contribution in [2.75, 3.05) is 5.73 Å². The number of nitrogens with one attached hydrogen (secondary N) is 1. The molecule has 0 unspecified atom stereocenters. The van der Waals surface area contributed by atoms with E-state index >= 15 is 0 Å². The number of nitrogens with zero attached hydrogens (tertiary/aromatic N) is 2. The number of benzene rings is 1. The number of nitrogens with two attached hydrogens (primary N) is 1. The number of H-pyrrole nitrogens is 1. The first-order valence-corrected chi connectivity index (χ1v) is 6.81. The molecule has 0 aliphatic rings. The van der Waals surface area contributed by atoms with E-state index in [1.807, 2.05) is 6.92 Å². The Bertz CT molecular complexity index is 692. The number of aromatic nitrogens is 3. The number of hydrogen-bond donors (Lipinski definition) is 3. The van der Waals surface area contributed by atoms with Gasteiger partial charge in [-0.3, -0.25) is 4.57 Å². The second kappa shape index (κ2) is 5.83. The van der Waals surface area contributed by atoms with E-state index in [-0.39, 0.29) is 11.3 Å². The summed E-state index contributed by atoms with van der Waals surface area (Å²) in [6.45, 7) is 2.44. The van der Waals surface area contributed by atoms with Crippen LogP contribution in [0.5, 0.6) is 0 Å². The maximum Gasteiger partial charge on any atom is 0.343 e. The van der Waals surface area contributed by atoms with E-state index in [0.29, 0.717) is 22.3 Å². The molecule has 0 aliphatic heterocycles. The Morgan fingerprint density at radius 3 is 2.95 bits per heavy atom. The number of rotatable bonds is 5. The Balaban J connectivity index is 2.45.